The molecule has 1 fully saturated rings. The van der Waals surface area contributed by atoms with Crippen molar-refractivity contribution in [2.45, 2.75) is 38.3 Å². The van der Waals surface area contributed by atoms with Crippen LogP contribution in [0.25, 0.3) is 10.9 Å². The van der Waals surface area contributed by atoms with Gasteiger partial charge in [0.1, 0.15) is 5.82 Å². The molecule has 0 bridgehead atoms. The third-order valence-electron chi connectivity index (χ3n) is 5.27. The van der Waals surface area contributed by atoms with E-state index in [1.807, 2.05) is 48.5 Å². The Morgan fingerprint density at radius 2 is 1.93 bits per heavy atom. The van der Waals surface area contributed by atoms with Crippen molar-refractivity contribution in [2.75, 3.05) is 13.2 Å². The molecule has 1 N–H and O–H groups in total. The lowest BCUT2D eigenvalue weighted by molar-refractivity contribution is -0.133. The van der Waals surface area contributed by atoms with Crippen LogP contribution >= 0.6 is 0 Å². The Balaban J connectivity index is 1.51. The maximum atomic E-state index is 13.0. The molecule has 6 nitrogen and oxygen atoms in total. The standard InChI is InChI=1S/C23H25N3O3/c27-22(13-12-17-7-2-1-3-8-17)26(15-18-9-6-14-29-18)16-21-24-20-11-5-4-10-19(20)23(28)25-21/h1-5,7-8,10-11,18H,6,9,12-16H2,(H,24,25,28). The monoisotopic (exact) mass is 391 g/mol. The summed E-state index contributed by atoms with van der Waals surface area (Å²) in [5.74, 6) is 0.542. The average Bonchev–Trinajstić information content (AvgIpc) is 3.25. The highest BCUT2D eigenvalue weighted by Crippen LogP contribution is 2.16. The molecule has 1 aliphatic heterocycles. The molecule has 2 aromatic carbocycles. The first-order chi connectivity index (χ1) is 14.2. The first kappa shape index (κ1) is 19.3. The van der Waals surface area contributed by atoms with E-state index >= 15 is 0 Å². The third-order valence-corrected chi connectivity index (χ3v) is 5.27. The molecule has 1 atom stereocenters. The van der Waals surface area contributed by atoms with Gasteiger partial charge in [-0.05, 0) is 37.0 Å². The predicted octanol–water partition coefficient (Wildman–Crippen LogP) is 3.06. The van der Waals surface area contributed by atoms with Crippen LogP contribution in [0.1, 0.15) is 30.7 Å². The molecule has 0 radical (unpaired) electrons. The van der Waals surface area contributed by atoms with Gasteiger partial charge in [0.2, 0.25) is 5.91 Å². The van der Waals surface area contributed by atoms with Crippen LogP contribution in [0.5, 0.6) is 0 Å². The van der Waals surface area contributed by atoms with Crippen molar-refractivity contribution in [2.24, 2.45) is 0 Å². The van der Waals surface area contributed by atoms with Gasteiger partial charge in [-0.3, -0.25) is 9.59 Å². The molecule has 3 aromatic rings. The van der Waals surface area contributed by atoms with Gasteiger partial charge in [0.25, 0.3) is 5.56 Å². The van der Waals surface area contributed by atoms with Gasteiger partial charge in [0.15, 0.2) is 0 Å². The quantitative estimate of drug-likeness (QED) is 0.672. The number of benzene rings is 2. The fourth-order valence-electron chi connectivity index (χ4n) is 3.73. The summed E-state index contributed by atoms with van der Waals surface area (Å²) >= 11 is 0. The minimum atomic E-state index is -0.181. The summed E-state index contributed by atoms with van der Waals surface area (Å²) in [6, 6.07) is 17.2. The number of nitrogens with one attached hydrogen (secondary N) is 1. The van der Waals surface area contributed by atoms with Gasteiger partial charge in [-0.2, -0.15) is 0 Å². The topological polar surface area (TPSA) is 75.3 Å². The smallest absolute Gasteiger partial charge is 0.258 e. The Kier molecular flexibility index (Phi) is 6.00. The number of hydrogen-bond donors (Lipinski definition) is 1. The fourth-order valence-corrected chi connectivity index (χ4v) is 3.73. The molecule has 150 valence electrons. The molecule has 1 aromatic heterocycles. The van der Waals surface area contributed by atoms with Gasteiger partial charge >= 0.3 is 0 Å². The maximum absolute atomic E-state index is 13.0. The highest BCUT2D eigenvalue weighted by atomic mass is 16.5. The SMILES string of the molecule is O=C(CCc1ccccc1)N(Cc1nc2ccccc2c(=O)[nH]1)CC1CCCO1. The molecule has 0 saturated carbocycles. The molecule has 29 heavy (non-hydrogen) atoms. The lowest BCUT2D eigenvalue weighted by Crippen LogP contribution is -2.38. The van der Waals surface area contributed by atoms with E-state index in [9.17, 15) is 9.59 Å². The maximum Gasteiger partial charge on any atom is 0.258 e. The van der Waals surface area contributed by atoms with Crippen LogP contribution in [0.15, 0.2) is 59.4 Å². The Morgan fingerprint density at radius 1 is 1.14 bits per heavy atom. The number of amides is 1. The van der Waals surface area contributed by atoms with Gasteiger partial charge in [0, 0.05) is 19.6 Å². The minimum absolute atomic E-state index is 0.0418. The van der Waals surface area contributed by atoms with Crippen molar-refractivity contribution < 1.29 is 9.53 Å². The molecule has 2 heterocycles. The molecule has 1 unspecified atom stereocenters. The predicted molar refractivity (Wildman–Crippen MR) is 112 cm³/mol. The number of fused-ring (bicyclic) bond motifs is 1. The van der Waals surface area contributed by atoms with E-state index < -0.39 is 0 Å². The number of aromatic amines is 1. The van der Waals surface area contributed by atoms with Crippen molar-refractivity contribution in [3.05, 3.63) is 76.3 Å². The molecule has 1 aliphatic rings. The number of aryl methyl sites for hydroxylation is 1. The number of carbonyl (C=O) groups excluding carboxylic acids is 1. The van der Waals surface area contributed by atoms with E-state index in [4.69, 9.17) is 4.74 Å². The highest BCUT2D eigenvalue weighted by Gasteiger charge is 2.23. The number of carbonyl (C=O) groups is 1. The summed E-state index contributed by atoms with van der Waals surface area (Å²) in [5, 5.41) is 0.553. The molecule has 4 rings (SSSR count). The van der Waals surface area contributed by atoms with Crippen molar-refractivity contribution in [1.29, 1.82) is 0 Å². The largest absolute Gasteiger partial charge is 0.376 e. The number of aromatic nitrogens is 2. The van der Waals surface area contributed by atoms with Gasteiger partial charge in [-0.15, -0.1) is 0 Å². The van der Waals surface area contributed by atoms with Gasteiger partial charge in [-0.25, -0.2) is 4.98 Å². The summed E-state index contributed by atoms with van der Waals surface area (Å²) in [7, 11) is 0. The van der Waals surface area contributed by atoms with Crippen LogP contribution in [-0.4, -0.2) is 40.0 Å². The highest BCUT2D eigenvalue weighted by molar-refractivity contribution is 5.78. The van der Waals surface area contributed by atoms with Crippen LogP contribution in [0.4, 0.5) is 0 Å². The van der Waals surface area contributed by atoms with Gasteiger partial charge in [0.05, 0.1) is 23.6 Å². The first-order valence-electron chi connectivity index (χ1n) is 10.1. The summed E-state index contributed by atoms with van der Waals surface area (Å²) in [5.41, 5.74) is 1.59. The molecule has 1 saturated heterocycles. The molecule has 0 aliphatic carbocycles. The van der Waals surface area contributed by atoms with Crippen LogP contribution < -0.4 is 5.56 Å². The Labute approximate surface area is 169 Å². The zero-order valence-electron chi connectivity index (χ0n) is 16.3. The molecular weight excluding hydrogens is 366 g/mol. The third kappa shape index (κ3) is 4.90. The molecule has 0 spiro atoms. The molecule has 1 amide bonds. The normalized spacial score (nSPS) is 16.2. The van der Waals surface area contributed by atoms with Crippen molar-refractivity contribution in [3.63, 3.8) is 0 Å². The van der Waals surface area contributed by atoms with Crippen molar-refractivity contribution >= 4 is 16.8 Å². The summed E-state index contributed by atoms with van der Waals surface area (Å²) in [4.78, 5) is 34.6. The van der Waals surface area contributed by atoms with E-state index in [2.05, 4.69) is 9.97 Å². The van der Waals surface area contributed by atoms with Gasteiger partial charge < -0.3 is 14.6 Å². The number of hydrogen-bond acceptors (Lipinski definition) is 4. The molecular formula is C23H25N3O3. The fraction of sp³-hybridized carbons (Fsp3) is 0.348. The lowest BCUT2D eigenvalue weighted by Gasteiger charge is -2.25. The van der Waals surface area contributed by atoms with E-state index in [1.54, 1.807) is 11.0 Å². The van der Waals surface area contributed by atoms with Crippen LogP contribution in [-0.2, 0) is 22.5 Å². The Morgan fingerprint density at radius 3 is 2.72 bits per heavy atom. The number of H-pyrrole nitrogens is 1. The van der Waals surface area contributed by atoms with E-state index in [1.165, 1.54) is 0 Å². The second-order valence-electron chi connectivity index (χ2n) is 7.42. The Hall–Kier alpha value is -2.99. The van der Waals surface area contributed by atoms with Gasteiger partial charge in [-0.1, -0.05) is 42.5 Å². The zero-order valence-corrected chi connectivity index (χ0v) is 16.3. The summed E-state index contributed by atoms with van der Waals surface area (Å²) in [6.07, 6.45) is 3.10. The van der Waals surface area contributed by atoms with Crippen LogP contribution in [0.3, 0.4) is 0 Å². The number of ether oxygens (including phenoxy) is 1. The lowest BCUT2D eigenvalue weighted by atomic mass is 10.1. The second-order valence-corrected chi connectivity index (χ2v) is 7.42. The Bertz CT molecular complexity index is 1030. The van der Waals surface area contributed by atoms with E-state index in [0.29, 0.717) is 36.1 Å². The molecule has 6 heteroatoms. The summed E-state index contributed by atoms with van der Waals surface area (Å²) < 4.78 is 5.74. The zero-order chi connectivity index (χ0) is 20.1. The van der Waals surface area contributed by atoms with E-state index in [-0.39, 0.29) is 24.1 Å². The van der Waals surface area contributed by atoms with Crippen LogP contribution in [0.2, 0.25) is 0 Å². The number of rotatable bonds is 7. The number of nitrogens with zero attached hydrogens (tertiary/aromatic N) is 2. The van der Waals surface area contributed by atoms with E-state index in [0.717, 1.165) is 25.0 Å². The number of para-hydroxylation sites is 1. The average molecular weight is 391 g/mol. The second kappa shape index (κ2) is 9.01. The van der Waals surface area contributed by atoms with Crippen molar-refractivity contribution in [1.82, 2.24) is 14.9 Å². The van der Waals surface area contributed by atoms with Crippen molar-refractivity contribution in [3.8, 4) is 0 Å². The minimum Gasteiger partial charge on any atom is -0.376 e. The first-order valence-corrected chi connectivity index (χ1v) is 10.1. The summed E-state index contributed by atoms with van der Waals surface area (Å²) in [6.45, 7) is 1.53. The van der Waals surface area contributed by atoms with Crippen LogP contribution in [0, 0.1) is 0 Å².